The molecule has 2 rings (SSSR count). The summed E-state index contributed by atoms with van der Waals surface area (Å²) in [6, 6.07) is 9.46. The third kappa shape index (κ3) is 3.95. The zero-order valence-corrected chi connectivity index (χ0v) is 14.3. The van der Waals surface area contributed by atoms with Gasteiger partial charge in [-0.15, -0.1) is 0 Å². The molecule has 23 heavy (non-hydrogen) atoms. The molecular formula is C18H25N3O2. The monoisotopic (exact) mass is 315 g/mol. The lowest BCUT2D eigenvalue weighted by molar-refractivity contribution is 0.0403. The Hall–Kier alpha value is -2.22. The number of hydrogen-bond donors (Lipinski definition) is 2. The summed E-state index contributed by atoms with van der Waals surface area (Å²) in [7, 11) is 0. The number of rotatable bonds is 2. The first-order valence-corrected chi connectivity index (χ1v) is 7.92. The lowest BCUT2D eigenvalue weighted by Crippen LogP contribution is -2.58. The molecular weight excluding hydrogens is 290 g/mol. The first-order valence-electron chi connectivity index (χ1n) is 7.92. The van der Waals surface area contributed by atoms with Gasteiger partial charge in [-0.3, -0.25) is 0 Å². The highest BCUT2D eigenvalue weighted by molar-refractivity contribution is 5.66. The molecule has 0 aromatic heterocycles. The van der Waals surface area contributed by atoms with Gasteiger partial charge in [-0.2, -0.15) is 5.26 Å². The van der Waals surface area contributed by atoms with Crippen LogP contribution in [0.2, 0.25) is 0 Å². The number of nitrogens with zero attached hydrogens (tertiary/aromatic N) is 2. The fourth-order valence-corrected chi connectivity index (χ4v) is 3.25. The molecule has 5 nitrogen and oxygen atoms in total. The number of nitrogens with one attached hydrogen (secondary N) is 1. The Kier molecular flexibility index (Phi) is 4.56. The summed E-state index contributed by atoms with van der Waals surface area (Å²) < 4.78 is 0. The summed E-state index contributed by atoms with van der Waals surface area (Å²) in [6.45, 7) is 8.92. The first-order chi connectivity index (χ1) is 10.6. The number of carbonyl (C=O) groups is 1. The van der Waals surface area contributed by atoms with E-state index in [4.69, 9.17) is 5.26 Å². The number of likely N-dealkylation sites (tertiary alicyclic amines) is 1. The fourth-order valence-electron chi connectivity index (χ4n) is 3.25. The standard InChI is InChI=1S/C18H25N3O2/c1-17(2,3)15-11-18(4,9-10-21(15)16(22)23)20-14-7-5-13(12-19)6-8-14/h5-8,15,20H,9-11H2,1-4H3,(H,22,23). The SMILES string of the molecule is CC1(Nc2ccc(C#N)cc2)CCN(C(=O)O)C(C(C)(C)C)C1. The molecule has 1 aromatic carbocycles. The maximum atomic E-state index is 11.5. The van der Waals surface area contributed by atoms with E-state index >= 15 is 0 Å². The van der Waals surface area contributed by atoms with Crippen molar-refractivity contribution >= 4 is 11.8 Å². The Morgan fingerprint density at radius 1 is 1.39 bits per heavy atom. The van der Waals surface area contributed by atoms with Crippen molar-refractivity contribution in [1.82, 2.24) is 4.90 Å². The van der Waals surface area contributed by atoms with Crippen LogP contribution in [0, 0.1) is 16.7 Å². The van der Waals surface area contributed by atoms with Crippen LogP contribution >= 0.6 is 0 Å². The molecule has 0 radical (unpaired) electrons. The van der Waals surface area contributed by atoms with Gasteiger partial charge in [0.05, 0.1) is 11.6 Å². The molecule has 1 aliphatic rings. The second-order valence-electron chi connectivity index (χ2n) is 7.69. The predicted octanol–water partition coefficient (Wildman–Crippen LogP) is 3.92. The van der Waals surface area contributed by atoms with E-state index in [0.717, 1.165) is 18.5 Å². The summed E-state index contributed by atoms with van der Waals surface area (Å²) in [4.78, 5) is 13.1. The summed E-state index contributed by atoms with van der Waals surface area (Å²) in [5.41, 5.74) is 1.31. The van der Waals surface area contributed by atoms with E-state index in [0.29, 0.717) is 12.1 Å². The number of carboxylic acid groups (broad SMARTS) is 1. The molecule has 1 aliphatic heterocycles. The molecule has 5 heteroatoms. The van der Waals surface area contributed by atoms with Crippen LogP contribution in [0.5, 0.6) is 0 Å². The smallest absolute Gasteiger partial charge is 0.407 e. The van der Waals surface area contributed by atoms with Crippen LogP contribution < -0.4 is 5.32 Å². The van der Waals surface area contributed by atoms with Crippen LogP contribution in [0.4, 0.5) is 10.5 Å². The Labute approximate surface area is 137 Å². The van der Waals surface area contributed by atoms with Gasteiger partial charge in [0.1, 0.15) is 0 Å². The molecule has 1 amide bonds. The number of anilines is 1. The molecule has 1 fully saturated rings. The minimum absolute atomic E-state index is 0.0374. The van der Waals surface area contributed by atoms with E-state index < -0.39 is 6.09 Å². The number of hydrogen-bond acceptors (Lipinski definition) is 3. The Bertz CT molecular complexity index is 613. The summed E-state index contributed by atoms with van der Waals surface area (Å²) in [6.07, 6.45) is 0.666. The first kappa shape index (κ1) is 17.1. The quantitative estimate of drug-likeness (QED) is 0.867. The summed E-state index contributed by atoms with van der Waals surface area (Å²) >= 11 is 0. The Morgan fingerprint density at radius 3 is 2.48 bits per heavy atom. The zero-order chi connectivity index (χ0) is 17.3. The maximum Gasteiger partial charge on any atom is 0.407 e. The van der Waals surface area contributed by atoms with Crippen LogP contribution in [0.3, 0.4) is 0 Å². The van der Waals surface area contributed by atoms with E-state index in [-0.39, 0.29) is 17.0 Å². The fraction of sp³-hybridized carbons (Fsp3) is 0.556. The van der Waals surface area contributed by atoms with E-state index in [1.54, 1.807) is 17.0 Å². The molecule has 2 atom stereocenters. The summed E-state index contributed by atoms with van der Waals surface area (Å²) in [5, 5.41) is 21.9. The largest absolute Gasteiger partial charge is 0.465 e. The zero-order valence-electron chi connectivity index (χ0n) is 14.3. The normalized spacial score (nSPS) is 24.8. The third-order valence-corrected chi connectivity index (χ3v) is 4.63. The topological polar surface area (TPSA) is 76.4 Å². The van der Waals surface area contributed by atoms with Crippen LogP contribution in [0.25, 0.3) is 0 Å². The van der Waals surface area contributed by atoms with Crippen molar-refractivity contribution in [2.75, 3.05) is 11.9 Å². The van der Waals surface area contributed by atoms with Gasteiger partial charge in [-0.05, 0) is 49.4 Å². The second kappa shape index (κ2) is 6.11. The molecule has 0 aliphatic carbocycles. The molecule has 2 N–H and O–H groups in total. The average molecular weight is 315 g/mol. The van der Waals surface area contributed by atoms with Gasteiger partial charge >= 0.3 is 6.09 Å². The highest BCUT2D eigenvalue weighted by Crippen LogP contribution is 2.38. The van der Waals surface area contributed by atoms with E-state index in [9.17, 15) is 9.90 Å². The van der Waals surface area contributed by atoms with Crippen molar-refractivity contribution in [3.8, 4) is 6.07 Å². The molecule has 0 bridgehead atoms. The molecule has 0 spiro atoms. The van der Waals surface area contributed by atoms with Gasteiger partial charge in [-0.25, -0.2) is 4.79 Å². The second-order valence-corrected chi connectivity index (χ2v) is 7.69. The Morgan fingerprint density at radius 2 is 2.00 bits per heavy atom. The highest BCUT2D eigenvalue weighted by Gasteiger charge is 2.43. The predicted molar refractivity (Wildman–Crippen MR) is 90.4 cm³/mol. The summed E-state index contributed by atoms with van der Waals surface area (Å²) in [5.74, 6) is 0. The van der Waals surface area contributed by atoms with E-state index in [1.165, 1.54) is 0 Å². The van der Waals surface area contributed by atoms with Gasteiger partial charge in [0, 0.05) is 23.8 Å². The van der Waals surface area contributed by atoms with Gasteiger partial charge < -0.3 is 15.3 Å². The van der Waals surface area contributed by atoms with Crippen molar-refractivity contribution in [2.24, 2.45) is 5.41 Å². The Balaban J connectivity index is 2.18. The maximum absolute atomic E-state index is 11.5. The molecule has 0 saturated carbocycles. The third-order valence-electron chi connectivity index (χ3n) is 4.63. The van der Waals surface area contributed by atoms with Crippen LogP contribution in [0.1, 0.15) is 46.1 Å². The lowest BCUT2D eigenvalue weighted by Gasteiger charge is -2.49. The highest BCUT2D eigenvalue weighted by atomic mass is 16.4. The number of amides is 1. The lowest BCUT2D eigenvalue weighted by atomic mass is 9.74. The van der Waals surface area contributed by atoms with E-state index in [2.05, 4.69) is 39.1 Å². The van der Waals surface area contributed by atoms with Crippen LogP contribution in [-0.2, 0) is 0 Å². The molecule has 1 heterocycles. The van der Waals surface area contributed by atoms with Crippen molar-refractivity contribution < 1.29 is 9.90 Å². The minimum atomic E-state index is -0.842. The molecule has 1 aromatic rings. The minimum Gasteiger partial charge on any atom is -0.465 e. The number of piperidine rings is 1. The van der Waals surface area contributed by atoms with Crippen molar-refractivity contribution in [3.05, 3.63) is 29.8 Å². The van der Waals surface area contributed by atoms with Crippen molar-refractivity contribution in [3.63, 3.8) is 0 Å². The van der Waals surface area contributed by atoms with Gasteiger partial charge in [-0.1, -0.05) is 20.8 Å². The van der Waals surface area contributed by atoms with Gasteiger partial charge in [0.15, 0.2) is 0 Å². The number of nitriles is 1. The number of benzene rings is 1. The van der Waals surface area contributed by atoms with Crippen LogP contribution in [-0.4, -0.2) is 34.2 Å². The molecule has 124 valence electrons. The van der Waals surface area contributed by atoms with Crippen LogP contribution in [0.15, 0.2) is 24.3 Å². The molecule has 2 unspecified atom stereocenters. The van der Waals surface area contributed by atoms with Crippen molar-refractivity contribution in [2.45, 2.75) is 52.1 Å². The van der Waals surface area contributed by atoms with E-state index in [1.807, 2.05) is 12.1 Å². The average Bonchev–Trinajstić information content (AvgIpc) is 2.46. The van der Waals surface area contributed by atoms with Gasteiger partial charge in [0.25, 0.3) is 0 Å². The molecule has 1 saturated heterocycles. The van der Waals surface area contributed by atoms with Gasteiger partial charge in [0.2, 0.25) is 0 Å². The van der Waals surface area contributed by atoms with Crippen molar-refractivity contribution in [1.29, 1.82) is 5.26 Å².